The lowest BCUT2D eigenvalue weighted by atomic mass is 10.2. The molecule has 1 aromatic heterocycles. The minimum atomic E-state index is -0.573. The van der Waals surface area contributed by atoms with Crippen LogP contribution in [-0.4, -0.2) is 15.8 Å². The molecule has 2 aromatic rings. The van der Waals surface area contributed by atoms with Crippen LogP contribution in [-0.2, 0) is 6.54 Å². The normalized spacial score (nSPS) is 10.3. The molecular formula is C12H10ClN3O3S. The van der Waals surface area contributed by atoms with Crippen molar-refractivity contribution in [2.24, 2.45) is 0 Å². The zero-order valence-corrected chi connectivity index (χ0v) is 12.0. The summed E-state index contributed by atoms with van der Waals surface area (Å²) < 4.78 is 0. The summed E-state index contributed by atoms with van der Waals surface area (Å²) >= 11 is 7.37. The first-order valence-electron chi connectivity index (χ1n) is 5.60. The maximum atomic E-state index is 12.0. The molecule has 6 nitrogen and oxygen atoms in total. The number of thiazole rings is 1. The van der Waals surface area contributed by atoms with E-state index in [4.69, 9.17) is 11.6 Å². The Balaban J connectivity index is 2.12. The summed E-state index contributed by atoms with van der Waals surface area (Å²) in [5, 5.41) is 16.2. The van der Waals surface area contributed by atoms with E-state index in [1.165, 1.54) is 23.5 Å². The standard InChI is InChI=1S/C12H10ClN3O3S/c1-7-15-8(6-20-7)5-14-12(17)10-4-9(16(18)19)2-3-11(10)13/h2-4,6H,5H2,1H3,(H,14,17). The average molecular weight is 312 g/mol. The minimum absolute atomic E-state index is 0.0767. The summed E-state index contributed by atoms with van der Waals surface area (Å²) in [7, 11) is 0. The summed E-state index contributed by atoms with van der Waals surface area (Å²) in [6.45, 7) is 2.12. The molecule has 0 bridgehead atoms. The molecule has 0 unspecified atom stereocenters. The highest BCUT2D eigenvalue weighted by Gasteiger charge is 2.15. The molecule has 1 N–H and O–H groups in total. The van der Waals surface area contributed by atoms with Gasteiger partial charge in [-0.3, -0.25) is 14.9 Å². The first-order chi connectivity index (χ1) is 9.47. The van der Waals surface area contributed by atoms with E-state index in [9.17, 15) is 14.9 Å². The molecule has 0 saturated carbocycles. The van der Waals surface area contributed by atoms with Crippen LogP contribution in [0.3, 0.4) is 0 Å². The molecule has 2 rings (SSSR count). The first kappa shape index (κ1) is 14.4. The SMILES string of the molecule is Cc1nc(CNC(=O)c2cc([N+](=O)[O-])ccc2Cl)cs1. The van der Waals surface area contributed by atoms with Crippen molar-refractivity contribution in [3.8, 4) is 0 Å². The fourth-order valence-electron chi connectivity index (χ4n) is 1.56. The van der Waals surface area contributed by atoms with Gasteiger partial charge in [-0.1, -0.05) is 11.6 Å². The Morgan fingerprint density at radius 3 is 2.90 bits per heavy atom. The van der Waals surface area contributed by atoms with Gasteiger partial charge < -0.3 is 5.32 Å². The van der Waals surface area contributed by atoms with E-state index in [2.05, 4.69) is 10.3 Å². The fraction of sp³-hybridized carbons (Fsp3) is 0.167. The van der Waals surface area contributed by atoms with Crippen molar-refractivity contribution in [3.63, 3.8) is 0 Å². The molecule has 0 atom stereocenters. The second-order valence-corrected chi connectivity index (χ2v) is 5.43. The van der Waals surface area contributed by atoms with Gasteiger partial charge in [0.15, 0.2) is 0 Å². The second-order valence-electron chi connectivity index (χ2n) is 3.96. The number of carbonyl (C=O) groups is 1. The van der Waals surface area contributed by atoms with Crippen molar-refractivity contribution in [2.75, 3.05) is 0 Å². The van der Waals surface area contributed by atoms with Crippen LogP contribution >= 0.6 is 22.9 Å². The number of nitro groups is 1. The predicted octanol–water partition coefficient (Wildman–Crippen LogP) is 2.94. The number of rotatable bonds is 4. The number of hydrogen-bond donors (Lipinski definition) is 1. The third-order valence-corrected chi connectivity index (χ3v) is 3.65. The van der Waals surface area contributed by atoms with Crippen molar-refractivity contribution in [1.82, 2.24) is 10.3 Å². The molecule has 104 valence electrons. The summed E-state index contributed by atoms with van der Waals surface area (Å²) in [6.07, 6.45) is 0. The monoisotopic (exact) mass is 311 g/mol. The molecule has 0 aliphatic carbocycles. The summed E-state index contributed by atoms with van der Waals surface area (Å²) in [4.78, 5) is 26.3. The number of benzene rings is 1. The van der Waals surface area contributed by atoms with Crippen molar-refractivity contribution in [2.45, 2.75) is 13.5 Å². The van der Waals surface area contributed by atoms with Crippen LogP contribution in [0.2, 0.25) is 5.02 Å². The number of aryl methyl sites for hydroxylation is 1. The molecule has 1 aromatic carbocycles. The van der Waals surface area contributed by atoms with Gasteiger partial charge in [0.25, 0.3) is 11.6 Å². The van der Waals surface area contributed by atoms with Crippen molar-refractivity contribution < 1.29 is 9.72 Å². The smallest absolute Gasteiger partial charge is 0.270 e. The van der Waals surface area contributed by atoms with Crippen molar-refractivity contribution >= 4 is 34.5 Å². The number of aromatic nitrogens is 1. The van der Waals surface area contributed by atoms with Crippen LogP contribution in [0, 0.1) is 17.0 Å². The Morgan fingerprint density at radius 2 is 2.30 bits per heavy atom. The Labute approximate surface area is 123 Å². The van der Waals surface area contributed by atoms with Gasteiger partial charge in [0, 0.05) is 17.5 Å². The topological polar surface area (TPSA) is 85.1 Å². The van der Waals surface area contributed by atoms with Gasteiger partial charge in [-0.05, 0) is 13.0 Å². The number of carbonyl (C=O) groups excluding carboxylic acids is 1. The van der Waals surface area contributed by atoms with E-state index in [1.807, 2.05) is 12.3 Å². The Bertz CT molecular complexity index is 672. The van der Waals surface area contributed by atoms with E-state index < -0.39 is 10.8 Å². The maximum absolute atomic E-state index is 12.0. The third kappa shape index (κ3) is 3.31. The van der Waals surface area contributed by atoms with E-state index in [1.54, 1.807) is 0 Å². The van der Waals surface area contributed by atoms with Gasteiger partial charge in [-0.25, -0.2) is 4.98 Å². The van der Waals surface area contributed by atoms with Crippen LogP contribution in [0.1, 0.15) is 21.1 Å². The van der Waals surface area contributed by atoms with Crippen LogP contribution < -0.4 is 5.32 Å². The van der Waals surface area contributed by atoms with Gasteiger partial charge in [0.2, 0.25) is 0 Å². The highest BCUT2D eigenvalue weighted by molar-refractivity contribution is 7.09. The van der Waals surface area contributed by atoms with Crippen LogP contribution in [0.4, 0.5) is 5.69 Å². The maximum Gasteiger partial charge on any atom is 0.270 e. The lowest BCUT2D eigenvalue weighted by molar-refractivity contribution is -0.384. The molecule has 0 saturated heterocycles. The van der Waals surface area contributed by atoms with Gasteiger partial charge in [-0.2, -0.15) is 0 Å². The quantitative estimate of drug-likeness (QED) is 0.695. The highest BCUT2D eigenvalue weighted by Crippen LogP contribution is 2.22. The van der Waals surface area contributed by atoms with Gasteiger partial charge in [0.05, 0.1) is 32.8 Å². The zero-order chi connectivity index (χ0) is 14.7. The molecule has 0 aliphatic heterocycles. The Kier molecular flexibility index (Phi) is 4.31. The number of amides is 1. The molecule has 1 heterocycles. The molecule has 1 amide bonds. The molecular weight excluding hydrogens is 302 g/mol. The van der Waals surface area contributed by atoms with E-state index in [-0.39, 0.29) is 22.8 Å². The summed E-state index contributed by atoms with van der Waals surface area (Å²) in [6, 6.07) is 3.74. The lowest BCUT2D eigenvalue weighted by Gasteiger charge is -2.05. The lowest BCUT2D eigenvalue weighted by Crippen LogP contribution is -2.23. The molecule has 0 fully saturated rings. The average Bonchev–Trinajstić information content (AvgIpc) is 2.82. The Hall–Kier alpha value is -1.99. The van der Waals surface area contributed by atoms with Gasteiger partial charge in [0.1, 0.15) is 0 Å². The number of halogens is 1. The van der Waals surface area contributed by atoms with Crippen molar-refractivity contribution in [1.29, 1.82) is 0 Å². The third-order valence-electron chi connectivity index (χ3n) is 2.50. The van der Waals surface area contributed by atoms with Crippen molar-refractivity contribution in [3.05, 3.63) is 55.0 Å². The summed E-state index contributed by atoms with van der Waals surface area (Å²) in [5.41, 5.74) is 0.638. The van der Waals surface area contributed by atoms with E-state index in [0.717, 1.165) is 16.8 Å². The molecule has 0 spiro atoms. The van der Waals surface area contributed by atoms with Gasteiger partial charge in [-0.15, -0.1) is 11.3 Å². The van der Waals surface area contributed by atoms with E-state index >= 15 is 0 Å². The zero-order valence-electron chi connectivity index (χ0n) is 10.4. The number of nitrogens with zero attached hydrogens (tertiary/aromatic N) is 2. The number of non-ortho nitro benzene ring substituents is 1. The predicted molar refractivity (Wildman–Crippen MR) is 76.1 cm³/mol. The number of hydrogen-bond acceptors (Lipinski definition) is 5. The van der Waals surface area contributed by atoms with Crippen LogP contribution in [0.15, 0.2) is 23.6 Å². The van der Waals surface area contributed by atoms with E-state index in [0.29, 0.717) is 0 Å². The largest absolute Gasteiger partial charge is 0.346 e. The second kappa shape index (κ2) is 5.98. The molecule has 0 radical (unpaired) electrons. The molecule has 20 heavy (non-hydrogen) atoms. The minimum Gasteiger partial charge on any atom is -0.346 e. The summed E-state index contributed by atoms with van der Waals surface area (Å²) in [5.74, 6) is -0.468. The van der Waals surface area contributed by atoms with Gasteiger partial charge >= 0.3 is 0 Å². The number of nitro benzene ring substituents is 1. The Morgan fingerprint density at radius 1 is 1.55 bits per heavy atom. The highest BCUT2D eigenvalue weighted by atomic mass is 35.5. The molecule has 8 heteroatoms. The van der Waals surface area contributed by atoms with Crippen LogP contribution in [0.5, 0.6) is 0 Å². The number of nitrogens with one attached hydrogen (secondary N) is 1. The first-order valence-corrected chi connectivity index (χ1v) is 6.86. The van der Waals surface area contributed by atoms with Crippen LogP contribution in [0.25, 0.3) is 0 Å². The molecule has 0 aliphatic rings. The fourth-order valence-corrected chi connectivity index (χ4v) is 2.37.